The minimum atomic E-state index is -0.200. The highest BCUT2D eigenvalue weighted by atomic mass is 19.1. The summed E-state index contributed by atoms with van der Waals surface area (Å²) in [5.74, 6) is 0.427. The van der Waals surface area contributed by atoms with Gasteiger partial charge in [-0.3, -0.25) is 9.69 Å². The van der Waals surface area contributed by atoms with Crippen LogP contribution < -0.4 is 10.2 Å². The molecule has 2 fully saturated rings. The maximum atomic E-state index is 13.1. The number of likely N-dealkylation sites (tertiary alicyclic amines) is 1. The maximum absolute atomic E-state index is 13.1. The van der Waals surface area contributed by atoms with Crippen molar-refractivity contribution in [3.63, 3.8) is 0 Å². The van der Waals surface area contributed by atoms with Gasteiger partial charge in [0.25, 0.3) is 0 Å². The number of amides is 1. The topological polar surface area (TPSA) is 35.6 Å². The molecule has 1 N–H and O–H groups in total. The zero-order valence-corrected chi connectivity index (χ0v) is 16.9. The number of carbonyl (C=O) groups excluding carboxylic acids is 1. The number of para-hydroxylation sites is 1. The van der Waals surface area contributed by atoms with Crippen LogP contribution in [0.3, 0.4) is 0 Å². The highest BCUT2D eigenvalue weighted by Gasteiger charge is 2.27. The van der Waals surface area contributed by atoms with E-state index in [-0.39, 0.29) is 11.7 Å². The van der Waals surface area contributed by atoms with Gasteiger partial charge in [-0.2, -0.15) is 0 Å². The number of nitrogens with one attached hydrogen (secondary N) is 1. The van der Waals surface area contributed by atoms with Gasteiger partial charge < -0.3 is 10.2 Å². The van der Waals surface area contributed by atoms with E-state index >= 15 is 0 Å². The molecule has 1 amide bonds. The van der Waals surface area contributed by atoms with Crippen LogP contribution in [-0.4, -0.2) is 49.6 Å². The van der Waals surface area contributed by atoms with Crippen LogP contribution in [0.4, 0.5) is 10.1 Å². The number of nitrogens with zero attached hydrogens (tertiary/aromatic N) is 2. The number of halogens is 1. The van der Waals surface area contributed by atoms with E-state index in [4.69, 9.17) is 0 Å². The summed E-state index contributed by atoms with van der Waals surface area (Å²) < 4.78 is 13.1. The second kappa shape index (κ2) is 9.40. The lowest BCUT2D eigenvalue weighted by Crippen LogP contribution is -2.42. The number of anilines is 1. The largest absolute Gasteiger partial charge is 0.371 e. The second-order valence-corrected chi connectivity index (χ2v) is 8.34. The molecule has 2 saturated heterocycles. The Morgan fingerprint density at radius 2 is 1.83 bits per heavy atom. The standard InChI is InChI=1S/C24H30FN3O/c25-21-10-8-19(9-11-21)15-23-7-4-13-27(23)18-24(29)26-16-20-12-14-28(17-20)22-5-2-1-3-6-22/h1-3,5-6,8-11,20,23H,4,7,12-18H2,(H,26,29). The average Bonchev–Trinajstić information content (AvgIpc) is 3.39. The summed E-state index contributed by atoms with van der Waals surface area (Å²) in [6, 6.07) is 17.6. The molecule has 2 unspecified atom stereocenters. The lowest BCUT2D eigenvalue weighted by Gasteiger charge is -2.24. The van der Waals surface area contributed by atoms with E-state index in [0.717, 1.165) is 57.4 Å². The van der Waals surface area contributed by atoms with Crippen LogP contribution in [0.5, 0.6) is 0 Å². The molecule has 4 rings (SSSR count). The zero-order valence-electron chi connectivity index (χ0n) is 16.9. The Bertz CT molecular complexity index is 796. The molecule has 0 bridgehead atoms. The SMILES string of the molecule is O=C(CN1CCCC1Cc1ccc(F)cc1)NCC1CCN(c2ccccc2)C1. The van der Waals surface area contributed by atoms with Gasteiger partial charge in [0.15, 0.2) is 0 Å². The molecule has 2 aliphatic rings. The highest BCUT2D eigenvalue weighted by Crippen LogP contribution is 2.23. The van der Waals surface area contributed by atoms with Crippen molar-refractivity contribution in [1.29, 1.82) is 0 Å². The Balaban J connectivity index is 1.21. The first kappa shape index (κ1) is 19.9. The first-order valence-corrected chi connectivity index (χ1v) is 10.7. The average molecular weight is 396 g/mol. The molecule has 0 aromatic heterocycles. The summed E-state index contributed by atoms with van der Waals surface area (Å²) in [5, 5.41) is 3.16. The summed E-state index contributed by atoms with van der Waals surface area (Å²) in [7, 11) is 0. The molecule has 154 valence electrons. The molecule has 0 aliphatic carbocycles. The predicted molar refractivity (Wildman–Crippen MR) is 114 cm³/mol. The quantitative estimate of drug-likeness (QED) is 0.780. The van der Waals surface area contributed by atoms with Gasteiger partial charge in [0.05, 0.1) is 6.54 Å². The van der Waals surface area contributed by atoms with Crippen LogP contribution in [-0.2, 0) is 11.2 Å². The fraction of sp³-hybridized carbons (Fsp3) is 0.458. The Kier molecular flexibility index (Phi) is 6.45. The van der Waals surface area contributed by atoms with Gasteiger partial charge in [-0.1, -0.05) is 30.3 Å². The van der Waals surface area contributed by atoms with Crippen molar-refractivity contribution in [2.75, 3.05) is 37.6 Å². The van der Waals surface area contributed by atoms with E-state index in [1.54, 1.807) is 0 Å². The molecule has 29 heavy (non-hydrogen) atoms. The van der Waals surface area contributed by atoms with Crippen molar-refractivity contribution >= 4 is 11.6 Å². The van der Waals surface area contributed by atoms with Crippen molar-refractivity contribution in [2.45, 2.75) is 31.7 Å². The molecular weight excluding hydrogens is 365 g/mol. The summed E-state index contributed by atoms with van der Waals surface area (Å²) in [4.78, 5) is 17.2. The highest BCUT2D eigenvalue weighted by molar-refractivity contribution is 5.78. The van der Waals surface area contributed by atoms with Gasteiger partial charge in [0.1, 0.15) is 5.82 Å². The molecule has 0 radical (unpaired) electrons. The van der Waals surface area contributed by atoms with Crippen molar-refractivity contribution < 1.29 is 9.18 Å². The third-order valence-electron chi connectivity index (χ3n) is 6.23. The molecule has 2 atom stereocenters. The molecule has 5 heteroatoms. The minimum absolute atomic E-state index is 0.120. The third-order valence-corrected chi connectivity index (χ3v) is 6.23. The molecule has 2 aromatic rings. The van der Waals surface area contributed by atoms with Gasteiger partial charge in [-0.05, 0) is 68.0 Å². The summed E-state index contributed by atoms with van der Waals surface area (Å²) in [5.41, 5.74) is 2.40. The van der Waals surface area contributed by atoms with Crippen LogP contribution in [0.2, 0.25) is 0 Å². The molecule has 4 nitrogen and oxygen atoms in total. The van der Waals surface area contributed by atoms with Gasteiger partial charge in [-0.25, -0.2) is 4.39 Å². The second-order valence-electron chi connectivity index (χ2n) is 8.34. The number of hydrogen-bond acceptors (Lipinski definition) is 3. The van der Waals surface area contributed by atoms with Gasteiger partial charge in [-0.15, -0.1) is 0 Å². The molecule has 0 spiro atoms. The van der Waals surface area contributed by atoms with Crippen LogP contribution >= 0.6 is 0 Å². The number of hydrogen-bond donors (Lipinski definition) is 1. The molecular formula is C24H30FN3O. The number of rotatable bonds is 7. The van der Waals surface area contributed by atoms with E-state index < -0.39 is 0 Å². The lowest BCUT2D eigenvalue weighted by molar-refractivity contribution is -0.122. The van der Waals surface area contributed by atoms with E-state index in [2.05, 4.69) is 39.4 Å². The molecule has 2 aromatic carbocycles. The van der Waals surface area contributed by atoms with Gasteiger partial charge >= 0.3 is 0 Å². The lowest BCUT2D eigenvalue weighted by atomic mass is 10.0. The maximum Gasteiger partial charge on any atom is 0.234 e. The zero-order chi connectivity index (χ0) is 20.1. The van der Waals surface area contributed by atoms with Gasteiger partial charge in [0.2, 0.25) is 5.91 Å². The number of benzene rings is 2. The summed E-state index contributed by atoms with van der Waals surface area (Å²) in [6.07, 6.45) is 4.21. The Hall–Kier alpha value is -2.40. The first-order chi connectivity index (χ1) is 14.2. The van der Waals surface area contributed by atoms with E-state index in [0.29, 0.717) is 18.5 Å². The molecule has 2 aliphatic heterocycles. The molecule has 2 heterocycles. The summed E-state index contributed by atoms with van der Waals surface area (Å²) >= 11 is 0. The normalized spacial score (nSPS) is 22.2. The van der Waals surface area contributed by atoms with Crippen molar-refractivity contribution in [3.8, 4) is 0 Å². The third kappa shape index (κ3) is 5.36. The Labute approximate surface area is 172 Å². The minimum Gasteiger partial charge on any atom is -0.371 e. The Morgan fingerprint density at radius 3 is 2.62 bits per heavy atom. The fourth-order valence-electron chi connectivity index (χ4n) is 4.60. The van der Waals surface area contributed by atoms with Crippen LogP contribution in [0.25, 0.3) is 0 Å². The van der Waals surface area contributed by atoms with Crippen LogP contribution in [0.15, 0.2) is 54.6 Å². The van der Waals surface area contributed by atoms with E-state index in [1.165, 1.54) is 17.8 Å². The fourth-order valence-corrected chi connectivity index (χ4v) is 4.60. The van der Waals surface area contributed by atoms with Crippen molar-refractivity contribution in [3.05, 3.63) is 66.0 Å². The predicted octanol–water partition coefficient (Wildman–Crippen LogP) is 3.48. The van der Waals surface area contributed by atoms with Crippen molar-refractivity contribution in [1.82, 2.24) is 10.2 Å². The van der Waals surface area contributed by atoms with E-state index in [1.807, 2.05) is 18.2 Å². The van der Waals surface area contributed by atoms with E-state index in [9.17, 15) is 9.18 Å². The van der Waals surface area contributed by atoms with Crippen molar-refractivity contribution in [2.24, 2.45) is 5.92 Å². The molecule has 0 saturated carbocycles. The smallest absolute Gasteiger partial charge is 0.234 e. The Morgan fingerprint density at radius 1 is 1.03 bits per heavy atom. The summed E-state index contributed by atoms with van der Waals surface area (Å²) in [6.45, 7) is 4.22. The number of carbonyl (C=O) groups is 1. The van der Waals surface area contributed by atoms with Gasteiger partial charge in [0, 0.05) is 31.4 Å². The first-order valence-electron chi connectivity index (χ1n) is 10.7. The van der Waals surface area contributed by atoms with Crippen LogP contribution in [0.1, 0.15) is 24.8 Å². The monoisotopic (exact) mass is 395 g/mol. The van der Waals surface area contributed by atoms with Crippen LogP contribution in [0, 0.1) is 11.7 Å².